The lowest BCUT2D eigenvalue weighted by Crippen LogP contribution is -2.40. The Morgan fingerprint density at radius 1 is 0.944 bits per heavy atom. The average Bonchev–Trinajstić information content (AvgIpc) is 2.58. The minimum Gasteiger partial charge on any atom is -0.352 e. The van der Waals surface area contributed by atoms with E-state index < -0.39 is 0 Å². The summed E-state index contributed by atoms with van der Waals surface area (Å²) in [6.45, 7) is 2.34. The van der Waals surface area contributed by atoms with Crippen LogP contribution in [-0.2, 0) is 4.79 Å². The molecule has 2 atom stereocenters. The van der Waals surface area contributed by atoms with Crippen molar-refractivity contribution in [1.82, 2.24) is 10.2 Å². The number of nitrogens with zero attached hydrogens (tertiary/aromatic N) is 1. The maximum Gasteiger partial charge on any atom is 0.220 e. The molecule has 2 saturated heterocycles. The molecule has 18 heavy (non-hydrogen) atoms. The highest BCUT2D eigenvalue weighted by atomic mass is 16.1. The Kier molecular flexibility index (Phi) is 3.88. The smallest absolute Gasteiger partial charge is 0.220 e. The van der Waals surface area contributed by atoms with Crippen LogP contribution >= 0.6 is 0 Å². The zero-order valence-electron chi connectivity index (χ0n) is 11.4. The molecule has 102 valence electrons. The molecular formula is C15H26N2O. The van der Waals surface area contributed by atoms with Gasteiger partial charge in [0.15, 0.2) is 0 Å². The monoisotopic (exact) mass is 250 g/mol. The summed E-state index contributed by atoms with van der Waals surface area (Å²) in [6, 6.07) is 1.25. The van der Waals surface area contributed by atoms with Crippen molar-refractivity contribution in [3.05, 3.63) is 0 Å². The van der Waals surface area contributed by atoms with Gasteiger partial charge in [0.2, 0.25) is 5.91 Å². The number of carbonyl (C=O) groups excluding carboxylic acids is 1. The second kappa shape index (κ2) is 5.60. The van der Waals surface area contributed by atoms with Crippen molar-refractivity contribution in [3.63, 3.8) is 0 Å². The van der Waals surface area contributed by atoms with E-state index in [1.54, 1.807) is 0 Å². The van der Waals surface area contributed by atoms with Crippen LogP contribution in [0.5, 0.6) is 0 Å². The molecule has 1 saturated carbocycles. The number of rotatable bonds is 1. The number of hydrogen-bond donors (Lipinski definition) is 1. The summed E-state index contributed by atoms with van der Waals surface area (Å²) < 4.78 is 0. The molecule has 3 rings (SSSR count). The van der Waals surface area contributed by atoms with Gasteiger partial charge in [0, 0.05) is 31.6 Å². The molecule has 0 unspecified atom stereocenters. The van der Waals surface area contributed by atoms with Gasteiger partial charge in [-0.15, -0.1) is 0 Å². The maximum atomic E-state index is 11.6. The van der Waals surface area contributed by atoms with Crippen LogP contribution in [0.15, 0.2) is 0 Å². The zero-order chi connectivity index (χ0) is 12.4. The summed E-state index contributed by atoms with van der Waals surface area (Å²) in [5.74, 6) is 1.00. The van der Waals surface area contributed by atoms with Crippen molar-refractivity contribution >= 4 is 5.91 Å². The summed E-state index contributed by atoms with van der Waals surface area (Å²) in [4.78, 5) is 14.3. The highest BCUT2D eigenvalue weighted by molar-refractivity contribution is 5.76. The van der Waals surface area contributed by atoms with Crippen molar-refractivity contribution < 1.29 is 4.79 Å². The zero-order valence-corrected chi connectivity index (χ0v) is 11.4. The summed E-state index contributed by atoms with van der Waals surface area (Å²) in [5, 5.41) is 3.24. The van der Waals surface area contributed by atoms with E-state index in [0.717, 1.165) is 31.3 Å². The Morgan fingerprint density at radius 3 is 2.50 bits per heavy atom. The number of hydrogen-bond acceptors (Lipinski definition) is 2. The number of amides is 1. The first-order valence-corrected chi connectivity index (χ1v) is 7.86. The van der Waals surface area contributed by atoms with Gasteiger partial charge in [-0.25, -0.2) is 0 Å². The molecule has 1 amide bonds. The van der Waals surface area contributed by atoms with Crippen molar-refractivity contribution in [3.8, 4) is 0 Å². The van der Waals surface area contributed by atoms with Gasteiger partial charge in [-0.1, -0.05) is 25.7 Å². The van der Waals surface area contributed by atoms with Crippen LogP contribution in [-0.4, -0.2) is 36.0 Å². The first-order chi connectivity index (χ1) is 8.83. The minimum atomic E-state index is 0.283. The molecule has 2 heterocycles. The van der Waals surface area contributed by atoms with E-state index in [0.29, 0.717) is 6.04 Å². The second-order valence-corrected chi connectivity index (χ2v) is 6.43. The van der Waals surface area contributed by atoms with E-state index >= 15 is 0 Å². The van der Waals surface area contributed by atoms with Crippen LogP contribution in [0.2, 0.25) is 0 Å². The van der Waals surface area contributed by atoms with E-state index in [1.165, 1.54) is 51.5 Å². The van der Waals surface area contributed by atoms with Crippen molar-refractivity contribution in [1.29, 1.82) is 0 Å². The van der Waals surface area contributed by atoms with E-state index in [9.17, 15) is 4.79 Å². The Hall–Kier alpha value is -0.570. The minimum absolute atomic E-state index is 0.283. The lowest BCUT2D eigenvalue weighted by molar-refractivity contribution is -0.121. The van der Waals surface area contributed by atoms with Crippen LogP contribution in [0.1, 0.15) is 57.8 Å². The summed E-state index contributed by atoms with van der Waals surface area (Å²) in [6.07, 6.45) is 11.5. The molecular weight excluding hydrogens is 224 g/mol. The Labute approximate surface area is 110 Å². The highest BCUT2D eigenvalue weighted by Crippen LogP contribution is 2.30. The third kappa shape index (κ3) is 2.71. The van der Waals surface area contributed by atoms with E-state index in [2.05, 4.69) is 10.2 Å². The average molecular weight is 250 g/mol. The van der Waals surface area contributed by atoms with E-state index in [1.807, 2.05) is 0 Å². The molecule has 3 heteroatoms. The predicted octanol–water partition coefficient (Wildman–Crippen LogP) is 2.31. The molecule has 1 aliphatic carbocycles. The number of fused-ring (bicyclic) bond motifs is 1. The van der Waals surface area contributed by atoms with Crippen LogP contribution < -0.4 is 5.32 Å². The lowest BCUT2D eigenvalue weighted by Gasteiger charge is -2.27. The highest BCUT2D eigenvalue weighted by Gasteiger charge is 2.37. The van der Waals surface area contributed by atoms with Gasteiger partial charge in [-0.2, -0.15) is 0 Å². The fourth-order valence-corrected chi connectivity index (χ4v) is 4.09. The van der Waals surface area contributed by atoms with Crippen molar-refractivity contribution in [2.45, 2.75) is 69.9 Å². The summed E-state index contributed by atoms with van der Waals surface area (Å²) >= 11 is 0. The van der Waals surface area contributed by atoms with Crippen molar-refractivity contribution in [2.75, 3.05) is 13.1 Å². The van der Waals surface area contributed by atoms with Gasteiger partial charge in [-0.3, -0.25) is 9.69 Å². The molecule has 3 fully saturated rings. The molecule has 0 aromatic carbocycles. The molecule has 2 aliphatic heterocycles. The summed E-state index contributed by atoms with van der Waals surface area (Å²) in [7, 11) is 0. The molecule has 0 radical (unpaired) electrons. The normalized spacial score (nSPS) is 35.7. The molecule has 0 bridgehead atoms. The van der Waals surface area contributed by atoms with Crippen LogP contribution in [0.3, 0.4) is 0 Å². The van der Waals surface area contributed by atoms with Gasteiger partial charge in [0.05, 0.1) is 0 Å². The predicted molar refractivity (Wildman–Crippen MR) is 72.3 cm³/mol. The molecule has 0 spiro atoms. The third-order valence-corrected chi connectivity index (χ3v) is 5.14. The fraction of sp³-hybridized carbons (Fsp3) is 0.933. The molecule has 0 aromatic heterocycles. The Balaban J connectivity index is 1.61. The topological polar surface area (TPSA) is 32.3 Å². The Morgan fingerprint density at radius 2 is 1.72 bits per heavy atom. The second-order valence-electron chi connectivity index (χ2n) is 6.43. The fourth-order valence-electron chi connectivity index (χ4n) is 4.09. The molecule has 3 aliphatic rings. The number of likely N-dealkylation sites (tertiary alicyclic amines) is 1. The van der Waals surface area contributed by atoms with E-state index in [-0.39, 0.29) is 5.91 Å². The first kappa shape index (κ1) is 12.5. The third-order valence-electron chi connectivity index (χ3n) is 5.14. The molecule has 3 nitrogen and oxygen atoms in total. The molecule has 1 N–H and O–H groups in total. The van der Waals surface area contributed by atoms with Gasteiger partial charge in [-0.05, 0) is 31.6 Å². The van der Waals surface area contributed by atoms with Crippen molar-refractivity contribution in [2.24, 2.45) is 5.92 Å². The lowest BCUT2D eigenvalue weighted by atomic mass is 9.99. The quantitative estimate of drug-likeness (QED) is 0.724. The van der Waals surface area contributed by atoms with Gasteiger partial charge in [0.1, 0.15) is 0 Å². The number of nitrogens with one attached hydrogen (secondary N) is 1. The maximum absolute atomic E-state index is 11.6. The van der Waals surface area contributed by atoms with Gasteiger partial charge in [0.25, 0.3) is 0 Å². The van der Waals surface area contributed by atoms with Crippen LogP contribution in [0.4, 0.5) is 0 Å². The van der Waals surface area contributed by atoms with E-state index in [4.69, 9.17) is 0 Å². The standard InChI is InChI=1S/C15H26N2O/c18-15-9-5-6-12-10-17(11-14(12)16-15)13-7-3-1-2-4-8-13/h12-14H,1-11H2,(H,16,18)/t12-,14+/m1/s1. The van der Waals surface area contributed by atoms with Gasteiger partial charge < -0.3 is 5.32 Å². The number of carbonyl (C=O) groups is 1. The first-order valence-electron chi connectivity index (χ1n) is 7.86. The summed E-state index contributed by atoms with van der Waals surface area (Å²) in [5.41, 5.74) is 0. The largest absolute Gasteiger partial charge is 0.352 e. The Bertz CT molecular complexity index is 297. The SMILES string of the molecule is O=C1CCC[C@@H]2CN(C3CCCCCC3)C[C@@H]2N1. The van der Waals surface area contributed by atoms with Crippen LogP contribution in [0, 0.1) is 5.92 Å². The van der Waals surface area contributed by atoms with Crippen LogP contribution in [0.25, 0.3) is 0 Å². The van der Waals surface area contributed by atoms with Gasteiger partial charge >= 0.3 is 0 Å². The molecule has 0 aromatic rings.